The summed E-state index contributed by atoms with van der Waals surface area (Å²) in [5, 5.41) is 0. The summed E-state index contributed by atoms with van der Waals surface area (Å²) in [6.45, 7) is 0. The molecule has 0 radical (unpaired) electrons. The molecule has 1 heteroatoms. The Morgan fingerprint density at radius 3 is 1.10 bits per heavy atom. The highest BCUT2D eigenvalue weighted by Gasteiger charge is 2.58. The number of fused-ring (bicyclic) bond motifs is 16. The predicted molar refractivity (Wildman–Crippen MR) is 260 cm³/mol. The lowest BCUT2D eigenvalue weighted by atomic mass is 9.52. The molecule has 294 valence electrons. The van der Waals surface area contributed by atoms with Crippen molar-refractivity contribution in [2.75, 3.05) is 4.90 Å². The van der Waals surface area contributed by atoms with Gasteiger partial charge in [-0.25, -0.2) is 0 Å². The van der Waals surface area contributed by atoms with Gasteiger partial charge in [-0.1, -0.05) is 206 Å². The minimum Gasteiger partial charge on any atom is -0.310 e. The molecule has 0 N–H and O–H groups in total. The van der Waals surface area contributed by atoms with Crippen LogP contribution in [0.1, 0.15) is 44.5 Å². The van der Waals surface area contributed by atoms with E-state index in [0.29, 0.717) is 0 Å². The van der Waals surface area contributed by atoms with Gasteiger partial charge in [0.15, 0.2) is 0 Å². The topological polar surface area (TPSA) is 3.24 Å². The highest BCUT2D eigenvalue weighted by Crippen LogP contribution is 2.67. The van der Waals surface area contributed by atoms with Crippen LogP contribution in [0.3, 0.4) is 0 Å². The summed E-state index contributed by atoms with van der Waals surface area (Å²) in [5.74, 6) is 0. The van der Waals surface area contributed by atoms with E-state index in [-0.39, 0.29) is 0 Å². The minimum absolute atomic E-state index is 0.507. The van der Waals surface area contributed by atoms with E-state index in [1.165, 1.54) is 89.0 Å². The Morgan fingerprint density at radius 2 is 0.556 bits per heavy atom. The Balaban J connectivity index is 1.07. The van der Waals surface area contributed by atoms with Crippen molar-refractivity contribution in [3.05, 3.63) is 293 Å². The predicted octanol–water partition coefficient (Wildman–Crippen LogP) is 15.5. The number of para-hydroxylation sites is 1. The summed E-state index contributed by atoms with van der Waals surface area (Å²) < 4.78 is 0. The molecule has 0 fully saturated rings. The largest absolute Gasteiger partial charge is 0.310 e. The van der Waals surface area contributed by atoms with E-state index in [1.54, 1.807) is 0 Å². The van der Waals surface area contributed by atoms with Crippen LogP contribution in [0.5, 0.6) is 0 Å². The van der Waals surface area contributed by atoms with E-state index in [9.17, 15) is 0 Å². The average Bonchev–Trinajstić information content (AvgIpc) is 3.83. The lowest BCUT2D eigenvalue weighted by Gasteiger charge is -2.49. The van der Waals surface area contributed by atoms with Crippen LogP contribution in [0.4, 0.5) is 17.1 Å². The summed E-state index contributed by atoms with van der Waals surface area (Å²) in [7, 11) is 0. The van der Waals surface area contributed by atoms with Crippen molar-refractivity contribution in [3.63, 3.8) is 0 Å². The molecule has 3 aliphatic carbocycles. The number of hydrogen-bond acceptors (Lipinski definition) is 1. The normalized spacial score (nSPS) is 14.0. The molecule has 10 aromatic carbocycles. The fourth-order valence-electron chi connectivity index (χ4n) is 11.7. The van der Waals surface area contributed by atoms with Crippen molar-refractivity contribution in [2.24, 2.45) is 0 Å². The molecule has 0 heterocycles. The van der Waals surface area contributed by atoms with Crippen LogP contribution >= 0.6 is 0 Å². The first-order valence-electron chi connectivity index (χ1n) is 22.0. The van der Waals surface area contributed by atoms with E-state index >= 15 is 0 Å². The molecule has 0 aromatic heterocycles. The summed E-state index contributed by atoms with van der Waals surface area (Å²) in [4.78, 5) is 2.37. The smallest absolute Gasteiger partial charge is 0.0720 e. The molecule has 63 heavy (non-hydrogen) atoms. The lowest BCUT2D eigenvalue weighted by molar-refractivity contribution is 0.633. The summed E-state index contributed by atoms with van der Waals surface area (Å²) in [5.41, 5.74) is 23.1. The van der Waals surface area contributed by atoms with Gasteiger partial charge in [-0.05, 0) is 131 Å². The third-order valence-corrected chi connectivity index (χ3v) is 14.2. The van der Waals surface area contributed by atoms with E-state index in [2.05, 4.69) is 254 Å². The monoisotopic (exact) mass is 799 g/mol. The zero-order chi connectivity index (χ0) is 41.5. The minimum atomic E-state index is -0.541. The zero-order valence-corrected chi connectivity index (χ0v) is 34.6. The van der Waals surface area contributed by atoms with Crippen molar-refractivity contribution in [1.82, 2.24) is 0 Å². The first-order chi connectivity index (χ1) is 31.3. The second-order valence-electron chi connectivity index (χ2n) is 17.1. The molecule has 1 nitrogen and oxygen atoms in total. The first-order valence-corrected chi connectivity index (χ1v) is 22.0. The van der Waals surface area contributed by atoms with Crippen molar-refractivity contribution in [1.29, 1.82) is 0 Å². The third-order valence-electron chi connectivity index (χ3n) is 14.2. The van der Waals surface area contributed by atoms with Gasteiger partial charge in [-0.2, -0.15) is 0 Å². The van der Waals surface area contributed by atoms with Gasteiger partial charge in [0, 0.05) is 17.1 Å². The van der Waals surface area contributed by atoms with Crippen molar-refractivity contribution in [3.8, 4) is 44.5 Å². The van der Waals surface area contributed by atoms with Crippen molar-refractivity contribution in [2.45, 2.75) is 10.8 Å². The zero-order valence-electron chi connectivity index (χ0n) is 34.6. The van der Waals surface area contributed by atoms with Gasteiger partial charge in [-0.3, -0.25) is 0 Å². The number of nitrogens with zero attached hydrogens (tertiary/aromatic N) is 1. The maximum Gasteiger partial charge on any atom is 0.0720 e. The van der Waals surface area contributed by atoms with Gasteiger partial charge in [0.05, 0.1) is 10.8 Å². The van der Waals surface area contributed by atoms with Crippen LogP contribution in [-0.2, 0) is 10.8 Å². The van der Waals surface area contributed by atoms with E-state index in [4.69, 9.17) is 0 Å². The quantitative estimate of drug-likeness (QED) is 0.168. The van der Waals surface area contributed by atoms with Crippen LogP contribution in [0.2, 0.25) is 0 Å². The molecule has 0 atom stereocenters. The van der Waals surface area contributed by atoms with E-state index in [1.807, 2.05) is 0 Å². The van der Waals surface area contributed by atoms with Gasteiger partial charge in [0.2, 0.25) is 0 Å². The van der Waals surface area contributed by atoms with Gasteiger partial charge >= 0.3 is 0 Å². The lowest BCUT2D eigenvalue weighted by Crippen LogP contribution is -2.43. The molecule has 0 amide bonds. The van der Waals surface area contributed by atoms with Gasteiger partial charge in [0.25, 0.3) is 0 Å². The summed E-state index contributed by atoms with van der Waals surface area (Å²) in [6, 6.07) is 92.7. The number of benzene rings is 10. The van der Waals surface area contributed by atoms with Crippen LogP contribution in [-0.4, -0.2) is 0 Å². The second-order valence-corrected chi connectivity index (χ2v) is 17.1. The van der Waals surface area contributed by atoms with Crippen molar-refractivity contribution >= 4 is 17.1 Å². The van der Waals surface area contributed by atoms with Crippen LogP contribution in [0, 0.1) is 0 Å². The Morgan fingerprint density at radius 1 is 0.206 bits per heavy atom. The molecule has 0 bridgehead atoms. The number of hydrogen-bond donors (Lipinski definition) is 0. The van der Waals surface area contributed by atoms with Crippen LogP contribution < -0.4 is 4.90 Å². The number of rotatable bonds is 5. The van der Waals surface area contributed by atoms with Gasteiger partial charge in [0.1, 0.15) is 0 Å². The van der Waals surface area contributed by atoms with Gasteiger partial charge in [-0.15, -0.1) is 0 Å². The number of anilines is 3. The third kappa shape index (κ3) is 4.94. The molecule has 0 saturated carbocycles. The molecule has 3 aliphatic rings. The Labute approximate surface area is 368 Å². The summed E-state index contributed by atoms with van der Waals surface area (Å²) >= 11 is 0. The maximum absolute atomic E-state index is 2.55. The SMILES string of the molecule is c1ccc(-c2ccc(N(c3ccccc3)c3cccc(-c4ccc5c(c4)C4(c6ccccc6-c6ccccc64)c4ccccc4C54c5ccccc5-c5ccccc54)c3)cc2)cc1. The highest BCUT2D eigenvalue weighted by molar-refractivity contribution is 5.94. The average molecular weight is 800 g/mol. The second kappa shape index (κ2) is 13.8. The van der Waals surface area contributed by atoms with Crippen LogP contribution in [0.25, 0.3) is 44.5 Å². The molecule has 2 spiro atoms. The van der Waals surface area contributed by atoms with Gasteiger partial charge < -0.3 is 4.90 Å². The Hall–Kier alpha value is -8.00. The molecule has 0 aliphatic heterocycles. The molecule has 0 saturated heterocycles. The van der Waals surface area contributed by atoms with Crippen molar-refractivity contribution < 1.29 is 0 Å². The fourth-order valence-corrected chi connectivity index (χ4v) is 11.7. The van der Waals surface area contributed by atoms with Crippen LogP contribution in [0.15, 0.2) is 249 Å². The molecular formula is C62H41N. The first kappa shape index (κ1) is 35.7. The highest BCUT2D eigenvalue weighted by atomic mass is 15.1. The van der Waals surface area contributed by atoms with E-state index < -0.39 is 10.8 Å². The van der Waals surface area contributed by atoms with E-state index in [0.717, 1.165) is 17.1 Å². The molecule has 10 aromatic rings. The Kier molecular flexibility index (Phi) is 7.80. The molecule has 13 rings (SSSR count). The molecular weight excluding hydrogens is 759 g/mol. The maximum atomic E-state index is 2.55. The standard InChI is InChI=1S/C62H41N/c1-3-18-42(19-4-1)43-34-37-47(38-35-43)63(46-21-5-2-6-22-46)48-23-17-20-44(40-48)45-36-39-59-60(41-45)62(55-30-13-9-26-51(55)52-27-10-14-31-56(52)62)58-33-16-15-32-57(58)61(59)53-28-11-7-24-49(53)50-25-8-12-29-54(50)61/h1-41H. The molecule has 0 unspecified atom stereocenters. The Bertz CT molecular complexity index is 3310. The fraction of sp³-hybridized carbons (Fsp3) is 0.0323. The summed E-state index contributed by atoms with van der Waals surface area (Å²) in [6.07, 6.45) is 0.